The van der Waals surface area contributed by atoms with Gasteiger partial charge in [-0.3, -0.25) is 9.59 Å². The van der Waals surface area contributed by atoms with Gasteiger partial charge in [0, 0.05) is 18.5 Å². The van der Waals surface area contributed by atoms with Crippen LogP contribution in [-0.4, -0.2) is 29.9 Å². The average molecular weight is 321 g/mol. The molecule has 23 heavy (non-hydrogen) atoms. The third-order valence-corrected chi connectivity index (χ3v) is 3.98. The first kappa shape index (κ1) is 17.4. The van der Waals surface area contributed by atoms with Crippen LogP contribution >= 0.6 is 0 Å². The van der Waals surface area contributed by atoms with Gasteiger partial charge in [-0.2, -0.15) is 0 Å². The molecule has 0 spiro atoms. The van der Waals surface area contributed by atoms with Gasteiger partial charge in [-0.05, 0) is 30.5 Å². The number of carbonyl (C=O) groups excluding carboxylic acids is 2. The molecule has 2 rings (SSSR count). The molecule has 4 nitrogen and oxygen atoms in total. The third kappa shape index (κ3) is 4.78. The highest BCUT2D eigenvalue weighted by Gasteiger charge is 2.33. The Kier molecular flexibility index (Phi) is 5.39. The summed E-state index contributed by atoms with van der Waals surface area (Å²) in [5.41, 5.74) is 0.304. The Morgan fingerprint density at radius 3 is 2.52 bits per heavy atom. The highest BCUT2D eigenvalue weighted by molar-refractivity contribution is 5.82. The van der Waals surface area contributed by atoms with E-state index in [0.717, 1.165) is 18.4 Å². The van der Waals surface area contributed by atoms with Crippen molar-refractivity contribution in [2.75, 3.05) is 13.1 Å². The molecule has 5 heteroatoms. The number of benzene rings is 1. The number of esters is 1. The lowest BCUT2D eigenvalue weighted by Gasteiger charge is -2.35. The van der Waals surface area contributed by atoms with Gasteiger partial charge >= 0.3 is 5.97 Å². The van der Waals surface area contributed by atoms with E-state index >= 15 is 0 Å². The van der Waals surface area contributed by atoms with Crippen LogP contribution in [0.4, 0.5) is 4.39 Å². The number of piperidine rings is 1. The smallest absolute Gasteiger partial charge is 0.311 e. The van der Waals surface area contributed by atoms with Crippen molar-refractivity contribution in [1.82, 2.24) is 4.90 Å². The number of rotatable bonds is 3. The maximum absolute atomic E-state index is 12.8. The monoisotopic (exact) mass is 321 g/mol. The summed E-state index contributed by atoms with van der Waals surface area (Å²) in [6.45, 7) is 6.88. The molecule has 1 aromatic carbocycles. The van der Waals surface area contributed by atoms with Crippen molar-refractivity contribution >= 4 is 11.9 Å². The minimum absolute atomic E-state index is 0.0635. The quantitative estimate of drug-likeness (QED) is 0.804. The average Bonchev–Trinajstić information content (AvgIpc) is 2.52. The molecule has 0 aromatic heterocycles. The molecule has 0 N–H and O–H groups in total. The Bertz CT molecular complexity index is 563. The molecule has 1 aliphatic heterocycles. The molecule has 1 aromatic rings. The topological polar surface area (TPSA) is 46.6 Å². The lowest BCUT2D eigenvalue weighted by molar-refractivity contribution is -0.154. The lowest BCUT2D eigenvalue weighted by Crippen LogP contribution is -2.47. The van der Waals surface area contributed by atoms with Crippen molar-refractivity contribution in [2.45, 2.75) is 40.2 Å². The summed E-state index contributed by atoms with van der Waals surface area (Å²) < 4.78 is 18.2. The zero-order chi connectivity index (χ0) is 17.0. The third-order valence-electron chi connectivity index (χ3n) is 3.98. The van der Waals surface area contributed by atoms with E-state index in [2.05, 4.69) is 0 Å². The number of ether oxygens (including phenoxy) is 1. The normalized spacial score (nSPS) is 18.6. The van der Waals surface area contributed by atoms with E-state index in [4.69, 9.17) is 4.74 Å². The zero-order valence-electron chi connectivity index (χ0n) is 14.0. The van der Waals surface area contributed by atoms with E-state index in [-0.39, 0.29) is 30.2 Å². The van der Waals surface area contributed by atoms with E-state index in [1.807, 2.05) is 20.8 Å². The van der Waals surface area contributed by atoms with Gasteiger partial charge in [-0.1, -0.05) is 32.9 Å². The molecule has 1 heterocycles. The molecule has 0 radical (unpaired) electrons. The second-order valence-electron chi connectivity index (χ2n) is 7.07. The van der Waals surface area contributed by atoms with E-state index in [1.165, 1.54) is 12.1 Å². The molecule has 126 valence electrons. The van der Waals surface area contributed by atoms with Gasteiger partial charge in [0.2, 0.25) is 5.91 Å². The van der Waals surface area contributed by atoms with Crippen molar-refractivity contribution in [1.29, 1.82) is 0 Å². The Labute approximate surface area is 136 Å². The van der Waals surface area contributed by atoms with Crippen LogP contribution in [0.3, 0.4) is 0 Å². The summed E-state index contributed by atoms with van der Waals surface area (Å²) in [6.07, 6.45) is 1.54. The van der Waals surface area contributed by atoms with Crippen molar-refractivity contribution < 1.29 is 18.7 Å². The van der Waals surface area contributed by atoms with Crippen LogP contribution in [0.25, 0.3) is 0 Å². The number of hydrogen-bond donors (Lipinski definition) is 0. The van der Waals surface area contributed by atoms with Crippen LogP contribution in [0.2, 0.25) is 0 Å². The second kappa shape index (κ2) is 7.11. The molecule has 1 unspecified atom stereocenters. The summed E-state index contributed by atoms with van der Waals surface area (Å²) in [4.78, 5) is 26.3. The van der Waals surface area contributed by atoms with E-state index < -0.39 is 5.41 Å². The van der Waals surface area contributed by atoms with Gasteiger partial charge in [0.25, 0.3) is 0 Å². The zero-order valence-corrected chi connectivity index (χ0v) is 14.0. The second-order valence-corrected chi connectivity index (χ2v) is 7.07. The van der Waals surface area contributed by atoms with Crippen molar-refractivity contribution in [3.05, 3.63) is 35.6 Å². The van der Waals surface area contributed by atoms with Gasteiger partial charge in [-0.15, -0.1) is 0 Å². The van der Waals surface area contributed by atoms with Crippen LogP contribution in [0, 0.1) is 17.2 Å². The molecule has 1 atom stereocenters. The maximum Gasteiger partial charge on any atom is 0.311 e. The predicted octanol–water partition coefficient (Wildman–Crippen LogP) is 3.15. The first-order chi connectivity index (χ1) is 10.8. The van der Waals surface area contributed by atoms with E-state index in [1.54, 1.807) is 17.0 Å². The Morgan fingerprint density at radius 1 is 1.26 bits per heavy atom. The van der Waals surface area contributed by atoms with Crippen LogP contribution in [0.1, 0.15) is 39.2 Å². The van der Waals surface area contributed by atoms with Gasteiger partial charge in [0.05, 0.1) is 5.92 Å². The van der Waals surface area contributed by atoms with Crippen molar-refractivity contribution in [3.8, 4) is 0 Å². The molecular weight excluding hydrogens is 297 g/mol. The SMILES string of the molecule is CC(C)(C)C(=O)N1CCCC(C(=O)OCc2ccc(F)cc2)C1. The highest BCUT2D eigenvalue weighted by Crippen LogP contribution is 2.24. The fourth-order valence-electron chi connectivity index (χ4n) is 2.68. The standard InChI is InChI=1S/C18H24FNO3/c1-18(2,3)17(22)20-10-4-5-14(11-20)16(21)23-12-13-6-8-15(19)9-7-13/h6-9,14H,4-5,10-12H2,1-3H3. The fraction of sp³-hybridized carbons (Fsp3) is 0.556. The minimum atomic E-state index is -0.445. The molecule has 1 fully saturated rings. The Balaban J connectivity index is 1.89. The van der Waals surface area contributed by atoms with Gasteiger partial charge < -0.3 is 9.64 Å². The van der Waals surface area contributed by atoms with Gasteiger partial charge in [-0.25, -0.2) is 4.39 Å². The molecule has 1 amide bonds. The highest BCUT2D eigenvalue weighted by atomic mass is 19.1. The summed E-state index contributed by atoms with van der Waals surface area (Å²) in [5.74, 6) is -0.826. The number of amides is 1. The lowest BCUT2D eigenvalue weighted by atomic mass is 9.91. The summed E-state index contributed by atoms with van der Waals surface area (Å²) in [6, 6.07) is 5.87. The Morgan fingerprint density at radius 2 is 1.91 bits per heavy atom. The van der Waals surface area contributed by atoms with Crippen molar-refractivity contribution in [2.24, 2.45) is 11.3 Å². The summed E-state index contributed by atoms with van der Waals surface area (Å²) >= 11 is 0. The van der Waals surface area contributed by atoms with Gasteiger partial charge in [0.1, 0.15) is 12.4 Å². The molecule has 1 aliphatic rings. The largest absolute Gasteiger partial charge is 0.461 e. The first-order valence-corrected chi connectivity index (χ1v) is 7.98. The molecule has 1 saturated heterocycles. The van der Waals surface area contributed by atoms with Crippen LogP contribution in [0.15, 0.2) is 24.3 Å². The summed E-state index contributed by atoms with van der Waals surface area (Å²) in [7, 11) is 0. The number of carbonyl (C=O) groups is 2. The fourth-order valence-corrected chi connectivity index (χ4v) is 2.68. The van der Waals surface area contributed by atoms with Crippen molar-refractivity contribution in [3.63, 3.8) is 0 Å². The number of halogens is 1. The van der Waals surface area contributed by atoms with E-state index in [0.29, 0.717) is 13.1 Å². The first-order valence-electron chi connectivity index (χ1n) is 7.98. The predicted molar refractivity (Wildman–Crippen MR) is 85.0 cm³/mol. The molecule has 0 bridgehead atoms. The van der Waals surface area contributed by atoms with E-state index in [9.17, 15) is 14.0 Å². The van der Waals surface area contributed by atoms with Crippen LogP contribution in [-0.2, 0) is 20.9 Å². The Hall–Kier alpha value is -1.91. The maximum atomic E-state index is 12.8. The van der Waals surface area contributed by atoms with Gasteiger partial charge in [0.15, 0.2) is 0 Å². The number of hydrogen-bond acceptors (Lipinski definition) is 3. The number of likely N-dealkylation sites (tertiary alicyclic amines) is 1. The number of nitrogens with zero attached hydrogens (tertiary/aromatic N) is 1. The van der Waals surface area contributed by atoms with Crippen LogP contribution < -0.4 is 0 Å². The molecule has 0 saturated carbocycles. The van der Waals surface area contributed by atoms with Crippen LogP contribution in [0.5, 0.6) is 0 Å². The molecule has 0 aliphatic carbocycles. The molecular formula is C18H24FNO3. The summed E-state index contributed by atoms with van der Waals surface area (Å²) in [5, 5.41) is 0. The minimum Gasteiger partial charge on any atom is -0.461 e.